The molecule has 1 aromatic heterocycles. The van der Waals surface area contributed by atoms with Crippen molar-refractivity contribution in [2.45, 2.75) is 33.1 Å². The number of rotatable bonds is 8. The molecule has 0 N–H and O–H groups in total. The molecule has 0 saturated carbocycles. The minimum atomic E-state index is -7.34. The minimum Gasteiger partial charge on any atom is -0.378 e. The van der Waals surface area contributed by atoms with E-state index in [-0.39, 0.29) is 0 Å². The van der Waals surface area contributed by atoms with Crippen molar-refractivity contribution in [2.75, 3.05) is 0 Å². The third kappa shape index (κ3) is 7.19. The average molecular weight is 645 g/mol. The predicted molar refractivity (Wildman–Crippen MR) is 137 cm³/mol. The summed E-state index contributed by atoms with van der Waals surface area (Å²) in [7, 11) is -6.94. The van der Waals surface area contributed by atoms with E-state index in [0.29, 0.717) is 10.4 Å². The Kier molecular flexibility index (Phi) is 9.76. The van der Waals surface area contributed by atoms with E-state index in [4.69, 9.17) is 0 Å². The molecular weight excluding hydrogens is 627 g/mol. The lowest BCUT2D eigenvalue weighted by Crippen LogP contribution is -2.63. The van der Waals surface area contributed by atoms with Gasteiger partial charge in [0, 0.05) is 14.7 Å². The van der Waals surface area contributed by atoms with Crippen LogP contribution in [0.1, 0.15) is 0 Å². The van der Waals surface area contributed by atoms with Gasteiger partial charge in [-0.15, -0.1) is 11.3 Å². The van der Waals surface area contributed by atoms with Crippen molar-refractivity contribution >= 4 is 33.2 Å². The Morgan fingerprint density at radius 3 is 1.51 bits per heavy atom. The molecule has 0 aliphatic heterocycles. The van der Waals surface area contributed by atoms with E-state index in [2.05, 4.69) is 52.7 Å². The molecule has 0 aliphatic carbocycles. The highest BCUT2D eigenvalue weighted by Gasteiger charge is 2.86. The van der Waals surface area contributed by atoms with E-state index >= 15 is 0 Å². The van der Waals surface area contributed by atoms with Crippen molar-refractivity contribution in [3.05, 3.63) is 102 Å². The standard InChI is InChI=1S/C14H7F9O3S2.C12H10S/c15-11(16,13(19,20)21)12(17,18)14(22,23)28(24,25)26-9-5-3-8(4-6-9)10-2-1-7-27-10;1-3-7-11(8-4-1)13-12-9-5-2-6-10-12/h1-7H;1-10H. The Hall–Kier alpha value is -3.17. The minimum absolute atomic E-state index is 0.445. The normalized spacial score (nSPS) is 12.8. The van der Waals surface area contributed by atoms with Gasteiger partial charge in [0.05, 0.1) is 0 Å². The second kappa shape index (κ2) is 12.4. The molecule has 41 heavy (non-hydrogen) atoms. The summed E-state index contributed by atoms with van der Waals surface area (Å²) in [6, 6.07) is 27.8. The first-order valence-corrected chi connectivity index (χ1v) is 14.2. The zero-order chi connectivity index (χ0) is 30.5. The van der Waals surface area contributed by atoms with Crippen molar-refractivity contribution < 1.29 is 52.1 Å². The highest BCUT2D eigenvalue weighted by molar-refractivity contribution is 7.99. The topological polar surface area (TPSA) is 43.4 Å². The van der Waals surface area contributed by atoms with Gasteiger partial charge in [-0.25, -0.2) is 0 Å². The van der Waals surface area contributed by atoms with Crippen LogP contribution in [0.25, 0.3) is 10.4 Å². The van der Waals surface area contributed by atoms with Crippen molar-refractivity contribution in [1.82, 2.24) is 0 Å². The fraction of sp³-hybridized carbons (Fsp3) is 0.154. The van der Waals surface area contributed by atoms with Crippen LogP contribution in [0, 0.1) is 0 Å². The van der Waals surface area contributed by atoms with E-state index in [1.807, 2.05) is 12.1 Å². The molecule has 4 rings (SSSR count). The molecule has 0 spiro atoms. The average Bonchev–Trinajstić information content (AvgIpc) is 3.45. The van der Waals surface area contributed by atoms with Gasteiger partial charge in [-0.05, 0) is 65.5 Å². The zero-order valence-electron chi connectivity index (χ0n) is 20.2. The maximum absolute atomic E-state index is 13.6. The molecule has 0 bridgehead atoms. The van der Waals surface area contributed by atoms with Crippen molar-refractivity contribution in [3.8, 4) is 16.2 Å². The molecule has 4 aromatic rings. The molecule has 0 unspecified atom stereocenters. The summed E-state index contributed by atoms with van der Waals surface area (Å²) in [5.74, 6) is -15.7. The number of hydrogen-bond donors (Lipinski definition) is 0. The summed E-state index contributed by atoms with van der Waals surface area (Å²) in [6.07, 6.45) is -7.14. The lowest BCUT2D eigenvalue weighted by molar-refractivity contribution is -0.382. The highest BCUT2D eigenvalue weighted by atomic mass is 32.2. The smallest absolute Gasteiger partial charge is 0.378 e. The molecule has 3 nitrogen and oxygen atoms in total. The van der Waals surface area contributed by atoms with Gasteiger partial charge in [0.2, 0.25) is 0 Å². The molecule has 0 radical (unpaired) electrons. The van der Waals surface area contributed by atoms with Gasteiger partial charge >= 0.3 is 33.4 Å². The molecule has 0 fully saturated rings. The van der Waals surface area contributed by atoms with E-state index in [0.717, 1.165) is 24.3 Å². The lowest BCUT2D eigenvalue weighted by atomic mass is 10.1. The summed E-state index contributed by atoms with van der Waals surface area (Å²) in [5, 5.41) is -5.22. The molecular formula is C26H17F9O3S3. The van der Waals surface area contributed by atoms with Crippen LogP contribution in [0.3, 0.4) is 0 Å². The zero-order valence-corrected chi connectivity index (χ0v) is 22.6. The maximum atomic E-state index is 13.6. The van der Waals surface area contributed by atoms with Crippen LogP contribution >= 0.6 is 23.1 Å². The summed E-state index contributed by atoms with van der Waals surface area (Å²) < 4.78 is 142. The van der Waals surface area contributed by atoms with Gasteiger partial charge in [-0.1, -0.05) is 54.2 Å². The number of benzene rings is 3. The van der Waals surface area contributed by atoms with Crippen LogP contribution in [0.4, 0.5) is 39.5 Å². The molecule has 0 aliphatic rings. The number of halogens is 9. The quantitative estimate of drug-likeness (QED) is 0.142. The third-order valence-electron chi connectivity index (χ3n) is 5.02. The molecule has 3 aromatic carbocycles. The second-order valence-corrected chi connectivity index (χ2v) is 11.6. The first-order valence-electron chi connectivity index (χ1n) is 11.1. The fourth-order valence-electron chi connectivity index (χ4n) is 2.93. The third-order valence-corrected chi connectivity index (χ3v) is 8.25. The van der Waals surface area contributed by atoms with Crippen LogP contribution in [-0.4, -0.2) is 31.7 Å². The summed E-state index contributed by atoms with van der Waals surface area (Å²) in [6.45, 7) is 0. The lowest BCUT2D eigenvalue weighted by Gasteiger charge is -2.32. The molecule has 220 valence electrons. The largest absolute Gasteiger partial charge is 0.460 e. The van der Waals surface area contributed by atoms with Crippen LogP contribution in [0.15, 0.2) is 112 Å². The van der Waals surface area contributed by atoms with Crippen molar-refractivity contribution in [1.29, 1.82) is 0 Å². The van der Waals surface area contributed by atoms with Crippen molar-refractivity contribution in [3.63, 3.8) is 0 Å². The van der Waals surface area contributed by atoms with Crippen LogP contribution in [0.2, 0.25) is 0 Å². The fourth-order valence-corrected chi connectivity index (χ4v) is 5.43. The first-order chi connectivity index (χ1) is 19.0. The van der Waals surface area contributed by atoms with Gasteiger partial charge in [0.1, 0.15) is 5.75 Å². The van der Waals surface area contributed by atoms with Gasteiger partial charge in [-0.2, -0.15) is 47.9 Å². The molecule has 0 saturated heterocycles. The Labute approximate surface area is 236 Å². The van der Waals surface area contributed by atoms with Gasteiger partial charge in [-0.3, -0.25) is 0 Å². The van der Waals surface area contributed by atoms with Crippen LogP contribution in [-0.2, 0) is 10.1 Å². The summed E-state index contributed by atoms with van der Waals surface area (Å²) in [4.78, 5) is 3.22. The van der Waals surface area contributed by atoms with E-state index in [9.17, 15) is 47.9 Å². The number of thiophene rings is 1. The summed E-state index contributed by atoms with van der Waals surface area (Å²) in [5.41, 5.74) is 0.445. The number of alkyl halides is 9. The van der Waals surface area contributed by atoms with Gasteiger partial charge in [0.25, 0.3) is 0 Å². The van der Waals surface area contributed by atoms with Gasteiger partial charge in [0.15, 0.2) is 0 Å². The summed E-state index contributed by atoms with van der Waals surface area (Å²) >= 11 is 3.03. The van der Waals surface area contributed by atoms with Crippen LogP contribution < -0.4 is 4.18 Å². The van der Waals surface area contributed by atoms with Gasteiger partial charge < -0.3 is 4.18 Å². The Balaban J connectivity index is 0.000000294. The Morgan fingerprint density at radius 2 is 1.10 bits per heavy atom. The number of hydrogen-bond acceptors (Lipinski definition) is 5. The monoisotopic (exact) mass is 644 g/mol. The van der Waals surface area contributed by atoms with E-state index in [1.165, 1.54) is 21.1 Å². The highest BCUT2D eigenvalue weighted by Crippen LogP contribution is 2.55. The SMILES string of the molecule is O=S(=O)(Oc1ccc(-c2cccs2)cc1)C(F)(F)C(F)(F)C(F)(F)C(F)(F)F.c1ccc(Sc2ccccc2)cc1. The molecule has 15 heteroatoms. The maximum Gasteiger partial charge on any atom is 0.460 e. The first kappa shape index (κ1) is 32.3. The van der Waals surface area contributed by atoms with E-state index in [1.54, 1.807) is 29.3 Å². The molecule has 0 amide bonds. The van der Waals surface area contributed by atoms with Crippen molar-refractivity contribution in [2.24, 2.45) is 0 Å². The van der Waals surface area contributed by atoms with E-state index < -0.39 is 39.1 Å². The Bertz CT molecular complexity index is 1460. The Morgan fingerprint density at radius 1 is 0.610 bits per heavy atom. The molecule has 1 heterocycles. The second-order valence-electron chi connectivity index (χ2n) is 7.93. The molecule has 0 atom stereocenters. The van der Waals surface area contributed by atoms with Crippen LogP contribution in [0.5, 0.6) is 5.75 Å². The predicted octanol–water partition coefficient (Wildman–Crippen LogP) is 9.39.